The molecule has 0 saturated heterocycles. The summed E-state index contributed by atoms with van der Waals surface area (Å²) in [5.41, 5.74) is 0. The summed E-state index contributed by atoms with van der Waals surface area (Å²) >= 11 is 10.1. The molecule has 0 aromatic heterocycles. The summed E-state index contributed by atoms with van der Waals surface area (Å²) in [4.78, 5) is 0.750. The Morgan fingerprint density at radius 1 is 1.38 bits per heavy atom. The van der Waals surface area contributed by atoms with Gasteiger partial charge in [0.2, 0.25) is 0 Å². The van der Waals surface area contributed by atoms with Gasteiger partial charge in [0.05, 0.1) is 10.9 Å². The van der Waals surface area contributed by atoms with E-state index in [1.807, 2.05) is 0 Å². The molecule has 0 heterocycles. The van der Waals surface area contributed by atoms with E-state index in [9.17, 15) is 0 Å². The van der Waals surface area contributed by atoms with Gasteiger partial charge in [-0.15, -0.1) is 0 Å². The van der Waals surface area contributed by atoms with Crippen molar-refractivity contribution in [3.63, 3.8) is 0 Å². The molecule has 4 heteroatoms. The first-order chi connectivity index (χ1) is 3.63. The zero-order valence-corrected chi connectivity index (χ0v) is 8.70. The van der Waals surface area contributed by atoms with Crippen LogP contribution < -0.4 is 0 Å². The topological polar surface area (TPSA) is 20.2 Å². The van der Waals surface area contributed by atoms with Gasteiger partial charge in [0.25, 0.3) is 0 Å². The Balaban J connectivity index is 2.50. The molecule has 1 N–H and O–H groups in total. The number of aliphatic hydroxyl groups excluding tert-OH is 1. The largest absolute Gasteiger partial charge is 0.395 e. The van der Waals surface area contributed by atoms with E-state index in [-0.39, 0.29) is 10.9 Å². The van der Waals surface area contributed by atoms with Gasteiger partial charge in [-0.3, -0.25) is 0 Å². The smallest absolute Gasteiger partial charge is 0.0759 e. The second-order valence-electron chi connectivity index (χ2n) is 1.89. The van der Waals surface area contributed by atoms with Gasteiger partial charge in [-0.05, 0) is 0 Å². The summed E-state index contributed by atoms with van der Waals surface area (Å²) in [6.07, 6.45) is 0. The van der Waals surface area contributed by atoms with E-state index in [4.69, 9.17) is 5.11 Å². The van der Waals surface area contributed by atoms with E-state index < -0.39 is 0 Å². The second-order valence-corrected chi connectivity index (χ2v) is 5.34. The molecule has 48 valence electrons. The summed E-state index contributed by atoms with van der Waals surface area (Å²) in [5.74, 6) is 0. The molecule has 2 unspecified atom stereocenters. The molecule has 1 fully saturated rings. The minimum atomic E-state index is -0.0903. The third-order valence-electron chi connectivity index (χ3n) is 1.31. The van der Waals surface area contributed by atoms with E-state index in [1.54, 1.807) is 0 Å². The molecule has 1 aliphatic carbocycles. The Hall–Kier alpha value is 1.40. The fourth-order valence-electron chi connectivity index (χ4n) is 0.498. The standard InChI is InChI=1S/C4H5Br3O/c5-2-3(6)4(2,7)1-8/h2-3,8H,1H2. The summed E-state index contributed by atoms with van der Waals surface area (Å²) < 4.78 is -0.0903. The lowest BCUT2D eigenvalue weighted by atomic mass is 10.5. The van der Waals surface area contributed by atoms with Crippen LogP contribution >= 0.6 is 47.8 Å². The molecule has 0 spiro atoms. The van der Waals surface area contributed by atoms with Crippen molar-refractivity contribution in [2.45, 2.75) is 14.0 Å². The van der Waals surface area contributed by atoms with Crippen LogP contribution in [-0.2, 0) is 0 Å². The van der Waals surface area contributed by atoms with Crippen molar-refractivity contribution < 1.29 is 5.11 Å². The van der Waals surface area contributed by atoms with E-state index in [2.05, 4.69) is 47.8 Å². The first-order valence-corrected chi connectivity index (χ1v) is 4.83. The van der Waals surface area contributed by atoms with Crippen LogP contribution in [0, 0.1) is 0 Å². The lowest BCUT2D eigenvalue weighted by molar-refractivity contribution is 0.292. The number of alkyl halides is 3. The first-order valence-electron chi connectivity index (χ1n) is 2.21. The van der Waals surface area contributed by atoms with Crippen LogP contribution in [-0.4, -0.2) is 25.7 Å². The van der Waals surface area contributed by atoms with E-state index >= 15 is 0 Å². The highest BCUT2D eigenvalue weighted by molar-refractivity contribution is 9.16. The van der Waals surface area contributed by atoms with Crippen LogP contribution in [0.3, 0.4) is 0 Å². The second kappa shape index (κ2) is 2.22. The monoisotopic (exact) mass is 306 g/mol. The number of hydrogen-bond donors (Lipinski definition) is 1. The highest BCUT2D eigenvalue weighted by Gasteiger charge is 2.60. The van der Waals surface area contributed by atoms with Crippen LogP contribution in [0.2, 0.25) is 0 Å². The predicted octanol–water partition coefficient (Wildman–Crippen LogP) is 1.65. The maximum absolute atomic E-state index is 8.70. The number of rotatable bonds is 1. The van der Waals surface area contributed by atoms with Crippen molar-refractivity contribution in [1.82, 2.24) is 0 Å². The van der Waals surface area contributed by atoms with E-state index in [0.29, 0.717) is 9.65 Å². The van der Waals surface area contributed by atoms with Gasteiger partial charge in [0.1, 0.15) is 0 Å². The quantitative estimate of drug-likeness (QED) is 0.731. The SMILES string of the molecule is OCC1(Br)C(Br)C1Br. The fraction of sp³-hybridized carbons (Fsp3) is 1.00. The lowest BCUT2D eigenvalue weighted by Gasteiger charge is -1.97. The number of hydrogen-bond acceptors (Lipinski definition) is 1. The number of aliphatic hydroxyl groups is 1. The van der Waals surface area contributed by atoms with Crippen molar-refractivity contribution in [3.8, 4) is 0 Å². The van der Waals surface area contributed by atoms with Gasteiger partial charge in [-0.1, -0.05) is 47.8 Å². The third-order valence-corrected chi connectivity index (χ3v) is 7.17. The lowest BCUT2D eigenvalue weighted by Crippen LogP contribution is -2.09. The summed E-state index contributed by atoms with van der Waals surface area (Å²) in [6.45, 7) is 0.179. The molecule has 1 nitrogen and oxygen atoms in total. The molecule has 1 saturated carbocycles. The van der Waals surface area contributed by atoms with Gasteiger partial charge < -0.3 is 5.11 Å². The molecule has 0 aromatic carbocycles. The Morgan fingerprint density at radius 2 is 1.75 bits per heavy atom. The Bertz CT molecular complexity index is 97.5. The van der Waals surface area contributed by atoms with Crippen molar-refractivity contribution in [2.75, 3.05) is 6.61 Å². The highest BCUT2D eigenvalue weighted by atomic mass is 79.9. The van der Waals surface area contributed by atoms with Crippen LogP contribution in [0.4, 0.5) is 0 Å². The molecule has 0 radical (unpaired) electrons. The Morgan fingerprint density at radius 3 is 1.75 bits per heavy atom. The summed E-state index contributed by atoms with van der Waals surface area (Å²) in [6, 6.07) is 0. The molecule has 0 aromatic rings. The maximum Gasteiger partial charge on any atom is 0.0759 e. The minimum absolute atomic E-state index is 0.0903. The molecule has 1 rings (SSSR count). The molecule has 2 atom stereocenters. The predicted molar refractivity (Wildman–Crippen MR) is 44.2 cm³/mol. The average Bonchev–Trinajstić information content (AvgIpc) is 2.22. The van der Waals surface area contributed by atoms with Gasteiger partial charge >= 0.3 is 0 Å². The zero-order valence-electron chi connectivity index (χ0n) is 3.94. The fourth-order valence-corrected chi connectivity index (χ4v) is 3.46. The van der Waals surface area contributed by atoms with Gasteiger partial charge in [0, 0.05) is 9.65 Å². The molecule has 8 heavy (non-hydrogen) atoms. The molecule has 1 aliphatic rings. The zero-order chi connectivity index (χ0) is 6.36. The van der Waals surface area contributed by atoms with Crippen LogP contribution in [0.5, 0.6) is 0 Å². The molecular weight excluding hydrogens is 304 g/mol. The minimum Gasteiger partial charge on any atom is -0.395 e. The van der Waals surface area contributed by atoms with Crippen LogP contribution in [0.25, 0.3) is 0 Å². The molecular formula is C4H5Br3O. The maximum atomic E-state index is 8.70. The number of halogens is 3. The van der Waals surface area contributed by atoms with Gasteiger partial charge in [-0.2, -0.15) is 0 Å². The van der Waals surface area contributed by atoms with Crippen molar-refractivity contribution in [3.05, 3.63) is 0 Å². The third kappa shape index (κ3) is 0.895. The van der Waals surface area contributed by atoms with Crippen molar-refractivity contribution in [1.29, 1.82) is 0 Å². The molecule has 0 aliphatic heterocycles. The van der Waals surface area contributed by atoms with E-state index in [1.165, 1.54) is 0 Å². The summed E-state index contributed by atoms with van der Waals surface area (Å²) in [7, 11) is 0. The molecule has 0 bridgehead atoms. The van der Waals surface area contributed by atoms with Gasteiger partial charge in [-0.25, -0.2) is 0 Å². The Kier molecular flexibility index (Phi) is 2.08. The van der Waals surface area contributed by atoms with Crippen molar-refractivity contribution >= 4 is 47.8 Å². The van der Waals surface area contributed by atoms with Crippen LogP contribution in [0.1, 0.15) is 0 Å². The van der Waals surface area contributed by atoms with Crippen molar-refractivity contribution in [2.24, 2.45) is 0 Å². The highest BCUT2D eigenvalue weighted by Crippen LogP contribution is 2.54. The van der Waals surface area contributed by atoms with Gasteiger partial charge in [0.15, 0.2) is 0 Å². The summed E-state index contributed by atoms with van der Waals surface area (Å²) in [5, 5.41) is 8.70. The average molecular weight is 309 g/mol. The van der Waals surface area contributed by atoms with Crippen LogP contribution in [0.15, 0.2) is 0 Å². The normalized spacial score (nSPS) is 54.0. The molecule has 0 amide bonds. The Labute approximate surface area is 73.2 Å². The van der Waals surface area contributed by atoms with E-state index in [0.717, 1.165) is 0 Å². The first kappa shape index (κ1) is 7.51.